The van der Waals surface area contributed by atoms with E-state index in [0.29, 0.717) is 17.7 Å². The van der Waals surface area contributed by atoms with Crippen molar-refractivity contribution >= 4 is 23.2 Å². The Labute approximate surface area is 172 Å². The number of rotatable bonds is 8. The van der Waals surface area contributed by atoms with Gasteiger partial charge in [0.1, 0.15) is 0 Å². The van der Waals surface area contributed by atoms with Gasteiger partial charge in [0.25, 0.3) is 11.8 Å². The van der Waals surface area contributed by atoms with Gasteiger partial charge in [0.15, 0.2) is 0 Å². The van der Waals surface area contributed by atoms with Crippen molar-refractivity contribution in [2.24, 2.45) is 0 Å². The third-order valence-corrected chi connectivity index (χ3v) is 5.15. The second-order valence-electron chi connectivity index (χ2n) is 7.10. The van der Waals surface area contributed by atoms with E-state index in [2.05, 4.69) is 29.4 Å². The van der Waals surface area contributed by atoms with Crippen LogP contribution in [0.15, 0.2) is 48.5 Å². The Bertz CT molecular complexity index is 826. The number of anilines is 2. The molecule has 1 aliphatic heterocycles. The Hall–Kier alpha value is -2.86. The van der Waals surface area contributed by atoms with Gasteiger partial charge < -0.3 is 20.3 Å². The molecule has 0 radical (unpaired) electrons. The van der Waals surface area contributed by atoms with Crippen LogP contribution in [0.5, 0.6) is 0 Å². The van der Waals surface area contributed by atoms with Gasteiger partial charge in [-0.1, -0.05) is 6.07 Å². The van der Waals surface area contributed by atoms with Crippen LogP contribution in [0.25, 0.3) is 0 Å². The van der Waals surface area contributed by atoms with Crippen LogP contribution >= 0.6 is 0 Å². The summed E-state index contributed by atoms with van der Waals surface area (Å²) in [6.45, 7) is 7.35. The van der Waals surface area contributed by atoms with Crippen LogP contribution in [0.2, 0.25) is 0 Å². The molecule has 6 heteroatoms. The molecule has 0 saturated carbocycles. The Kier molecular flexibility index (Phi) is 7.25. The Morgan fingerprint density at radius 3 is 2.34 bits per heavy atom. The molecule has 154 valence electrons. The molecule has 2 amide bonds. The predicted molar refractivity (Wildman–Crippen MR) is 116 cm³/mol. The fourth-order valence-electron chi connectivity index (χ4n) is 3.46. The maximum Gasteiger partial charge on any atom is 0.255 e. The molecule has 6 nitrogen and oxygen atoms in total. The monoisotopic (exact) mass is 395 g/mol. The lowest BCUT2D eigenvalue weighted by Crippen LogP contribution is -2.31. The zero-order chi connectivity index (χ0) is 20.6. The molecule has 0 bridgehead atoms. The minimum Gasteiger partial charge on any atom is -0.376 e. The molecule has 29 heavy (non-hydrogen) atoms. The van der Waals surface area contributed by atoms with E-state index < -0.39 is 0 Å². The molecule has 1 saturated heterocycles. The fraction of sp³-hybridized carbons (Fsp3) is 0.391. The van der Waals surface area contributed by atoms with Gasteiger partial charge in [0, 0.05) is 48.7 Å². The topological polar surface area (TPSA) is 70.7 Å². The van der Waals surface area contributed by atoms with E-state index in [1.165, 1.54) is 0 Å². The minimum absolute atomic E-state index is 0.0877. The zero-order valence-corrected chi connectivity index (χ0v) is 17.1. The predicted octanol–water partition coefficient (Wildman–Crippen LogP) is 3.69. The number of amides is 2. The lowest BCUT2D eigenvalue weighted by Gasteiger charge is -2.21. The highest BCUT2D eigenvalue weighted by atomic mass is 16.5. The van der Waals surface area contributed by atoms with Gasteiger partial charge in [0.2, 0.25) is 0 Å². The Balaban J connectivity index is 1.60. The average molecular weight is 396 g/mol. The van der Waals surface area contributed by atoms with E-state index in [1.54, 1.807) is 24.3 Å². The number of benzene rings is 2. The molecule has 2 aromatic carbocycles. The van der Waals surface area contributed by atoms with Crippen LogP contribution in [0.4, 0.5) is 11.4 Å². The number of hydrogen-bond acceptors (Lipinski definition) is 4. The summed E-state index contributed by atoms with van der Waals surface area (Å²) < 4.78 is 5.52. The molecule has 1 aliphatic rings. The molecule has 3 rings (SSSR count). The van der Waals surface area contributed by atoms with Crippen molar-refractivity contribution in [3.63, 3.8) is 0 Å². The van der Waals surface area contributed by atoms with Crippen LogP contribution < -0.4 is 15.5 Å². The summed E-state index contributed by atoms with van der Waals surface area (Å²) in [7, 11) is 0. The van der Waals surface area contributed by atoms with E-state index in [0.717, 1.165) is 43.9 Å². The number of nitrogens with zero attached hydrogens (tertiary/aromatic N) is 1. The van der Waals surface area contributed by atoms with E-state index >= 15 is 0 Å². The van der Waals surface area contributed by atoms with Crippen molar-refractivity contribution < 1.29 is 14.3 Å². The summed E-state index contributed by atoms with van der Waals surface area (Å²) in [6.07, 6.45) is 2.09. The van der Waals surface area contributed by atoms with E-state index in [-0.39, 0.29) is 17.9 Å². The van der Waals surface area contributed by atoms with Crippen molar-refractivity contribution in [3.8, 4) is 0 Å². The van der Waals surface area contributed by atoms with Gasteiger partial charge in [0.05, 0.1) is 6.10 Å². The quantitative estimate of drug-likeness (QED) is 0.715. The Morgan fingerprint density at radius 1 is 1.03 bits per heavy atom. The highest BCUT2D eigenvalue weighted by Gasteiger charge is 2.17. The van der Waals surface area contributed by atoms with E-state index in [4.69, 9.17) is 4.74 Å². The summed E-state index contributed by atoms with van der Waals surface area (Å²) in [5.41, 5.74) is 2.76. The second-order valence-corrected chi connectivity index (χ2v) is 7.10. The van der Waals surface area contributed by atoms with E-state index in [1.807, 2.05) is 24.3 Å². The normalized spacial score (nSPS) is 15.7. The maximum absolute atomic E-state index is 12.6. The maximum atomic E-state index is 12.6. The molecule has 0 spiro atoms. The first-order valence-corrected chi connectivity index (χ1v) is 10.3. The van der Waals surface area contributed by atoms with Crippen LogP contribution in [-0.2, 0) is 4.74 Å². The highest BCUT2D eigenvalue weighted by molar-refractivity contribution is 6.06. The van der Waals surface area contributed by atoms with Gasteiger partial charge in [-0.05, 0) is 69.2 Å². The van der Waals surface area contributed by atoms with Gasteiger partial charge >= 0.3 is 0 Å². The smallest absolute Gasteiger partial charge is 0.255 e. The molecule has 1 fully saturated rings. The van der Waals surface area contributed by atoms with Gasteiger partial charge in [-0.3, -0.25) is 9.59 Å². The molecule has 1 unspecified atom stereocenters. The SMILES string of the molecule is CCN(CC)c1ccc(NC(=O)c2cccc(C(=O)NCC3CCCO3)c2)cc1. The molecule has 0 aliphatic carbocycles. The summed E-state index contributed by atoms with van der Waals surface area (Å²) in [4.78, 5) is 27.2. The fourth-order valence-corrected chi connectivity index (χ4v) is 3.46. The average Bonchev–Trinajstić information content (AvgIpc) is 3.28. The summed E-state index contributed by atoms with van der Waals surface area (Å²) in [5, 5.41) is 5.78. The second kappa shape index (κ2) is 10.1. The number of carbonyl (C=O) groups is 2. The number of carbonyl (C=O) groups excluding carboxylic acids is 2. The molecule has 2 aromatic rings. The van der Waals surface area contributed by atoms with Gasteiger partial charge in [-0.15, -0.1) is 0 Å². The standard InChI is InChI=1S/C23H29N3O3/c1-3-26(4-2)20-12-10-19(11-13-20)25-23(28)18-8-5-7-17(15-18)22(27)24-16-21-9-6-14-29-21/h5,7-8,10-13,15,21H,3-4,6,9,14,16H2,1-2H3,(H,24,27)(H,25,28). The van der Waals surface area contributed by atoms with Crippen LogP contribution in [0.3, 0.4) is 0 Å². The van der Waals surface area contributed by atoms with Crippen molar-refractivity contribution in [2.75, 3.05) is 36.5 Å². The molecular weight excluding hydrogens is 366 g/mol. The first-order chi connectivity index (χ1) is 14.1. The lowest BCUT2D eigenvalue weighted by molar-refractivity contribution is 0.0858. The lowest BCUT2D eigenvalue weighted by atomic mass is 10.1. The number of hydrogen-bond donors (Lipinski definition) is 2. The first-order valence-electron chi connectivity index (χ1n) is 10.3. The van der Waals surface area contributed by atoms with Crippen molar-refractivity contribution in [1.82, 2.24) is 5.32 Å². The van der Waals surface area contributed by atoms with Gasteiger partial charge in [-0.2, -0.15) is 0 Å². The van der Waals surface area contributed by atoms with Crippen LogP contribution in [0, 0.1) is 0 Å². The largest absolute Gasteiger partial charge is 0.376 e. The molecule has 0 aromatic heterocycles. The van der Waals surface area contributed by atoms with Crippen molar-refractivity contribution in [3.05, 3.63) is 59.7 Å². The third-order valence-electron chi connectivity index (χ3n) is 5.15. The minimum atomic E-state index is -0.241. The van der Waals surface area contributed by atoms with Crippen LogP contribution in [0.1, 0.15) is 47.4 Å². The van der Waals surface area contributed by atoms with Gasteiger partial charge in [-0.25, -0.2) is 0 Å². The zero-order valence-electron chi connectivity index (χ0n) is 17.1. The molecule has 1 heterocycles. The van der Waals surface area contributed by atoms with Crippen LogP contribution in [-0.4, -0.2) is 44.2 Å². The molecular formula is C23H29N3O3. The third kappa shape index (κ3) is 5.57. The number of nitrogens with one attached hydrogen (secondary N) is 2. The Morgan fingerprint density at radius 2 is 1.72 bits per heavy atom. The first kappa shape index (κ1) is 20.9. The molecule has 1 atom stereocenters. The number of ether oxygens (including phenoxy) is 1. The highest BCUT2D eigenvalue weighted by Crippen LogP contribution is 2.18. The van der Waals surface area contributed by atoms with E-state index in [9.17, 15) is 9.59 Å². The summed E-state index contributed by atoms with van der Waals surface area (Å²) in [5.74, 6) is -0.437. The van der Waals surface area contributed by atoms with Crippen molar-refractivity contribution in [2.45, 2.75) is 32.8 Å². The van der Waals surface area contributed by atoms with Crippen molar-refractivity contribution in [1.29, 1.82) is 0 Å². The summed E-state index contributed by atoms with van der Waals surface area (Å²) in [6, 6.07) is 14.5. The molecule has 2 N–H and O–H groups in total. The summed E-state index contributed by atoms with van der Waals surface area (Å²) >= 11 is 0.